The van der Waals surface area contributed by atoms with Gasteiger partial charge in [-0.2, -0.15) is 4.99 Å². The van der Waals surface area contributed by atoms with Crippen LogP contribution in [0.15, 0.2) is 54.4 Å². The van der Waals surface area contributed by atoms with Crippen LogP contribution in [-0.4, -0.2) is 20.4 Å². The number of carbonyl (C=O) groups is 1. The van der Waals surface area contributed by atoms with Gasteiger partial charge in [-0.15, -0.1) is 6.58 Å². The summed E-state index contributed by atoms with van der Waals surface area (Å²) in [5.74, 6) is -0.394. The number of benzene rings is 1. The van der Waals surface area contributed by atoms with E-state index in [2.05, 4.69) is 27.6 Å². The second-order valence-corrected chi connectivity index (χ2v) is 5.77. The molecule has 22 heavy (non-hydrogen) atoms. The Labute approximate surface area is 131 Å². The summed E-state index contributed by atoms with van der Waals surface area (Å²) < 4.78 is 3.06. The van der Waals surface area contributed by atoms with Crippen molar-refractivity contribution in [2.24, 2.45) is 4.99 Å². The molecule has 0 fully saturated rings. The summed E-state index contributed by atoms with van der Waals surface area (Å²) in [6, 6.07) is 6.17. The molecule has 5 nitrogen and oxygen atoms in total. The predicted molar refractivity (Wildman–Crippen MR) is 86.7 cm³/mol. The van der Waals surface area contributed by atoms with Crippen LogP contribution in [0.4, 0.5) is 0 Å². The molecule has 3 aromatic rings. The summed E-state index contributed by atoms with van der Waals surface area (Å²) in [4.78, 5) is 24.9. The average Bonchev–Trinajstić information content (AvgIpc) is 2.85. The number of carbonyl (C=O) groups excluding carboxylic acids is 1. The maximum atomic E-state index is 12.2. The molecule has 1 amide bonds. The smallest absolute Gasteiger partial charge is 0.299 e. The van der Waals surface area contributed by atoms with Gasteiger partial charge < -0.3 is 4.57 Å². The minimum absolute atomic E-state index is 0.237. The molecular formula is C16H14N4OS. The van der Waals surface area contributed by atoms with Gasteiger partial charge in [0, 0.05) is 18.9 Å². The molecule has 6 heteroatoms. The molecule has 0 aliphatic carbocycles. The molecule has 0 radical (unpaired) electrons. The molecule has 0 aliphatic heterocycles. The molecule has 110 valence electrons. The number of allylic oxidation sites excluding steroid dienone is 1. The maximum absolute atomic E-state index is 12.2. The van der Waals surface area contributed by atoms with Crippen LogP contribution < -0.4 is 4.80 Å². The number of thiazole rings is 1. The van der Waals surface area contributed by atoms with E-state index in [9.17, 15) is 4.79 Å². The normalized spacial score (nSPS) is 11.8. The molecular weight excluding hydrogens is 296 g/mol. The number of aryl methyl sites for hydroxylation is 1. The first-order valence-corrected chi connectivity index (χ1v) is 7.56. The monoisotopic (exact) mass is 310 g/mol. The first-order chi connectivity index (χ1) is 10.7. The molecule has 2 aromatic heterocycles. The highest BCUT2D eigenvalue weighted by Crippen LogP contribution is 2.19. The number of fused-ring (bicyclic) bond motifs is 1. The first-order valence-electron chi connectivity index (χ1n) is 6.75. The van der Waals surface area contributed by atoms with Gasteiger partial charge in [-0.3, -0.25) is 9.78 Å². The molecule has 1 aromatic carbocycles. The van der Waals surface area contributed by atoms with Crippen LogP contribution in [0.25, 0.3) is 10.2 Å². The van der Waals surface area contributed by atoms with Crippen molar-refractivity contribution < 1.29 is 4.79 Å². The zero-order valence-corrected chi connectivity index (χ0v) is 12.9. The van der Waals surface area contributed by atoms with Crippen LogP contribution in [0, 0.1) is 6.92 Å². The van der Waals surface area contributed by atoms with Gasteiger partial charge in [0.15, 0.2) is 4.80 Å². The number of nitrogens with zero attached hydrogens (tertiary/aromatic N) is 4. The van der Waals surface area contributed by atoms with Gasteiger partial charge in [-0.05, 0) is 24.6 Å². The first kappa shape index (κ1) is 14.3. The SMILES string of the molecule is C=CCn1c(=NC(=O)c2cnccn2)sc2cc(C)ccc21. The van der Waals surface area contributed by atoms with E-state index in [0.29, 0.717) is 11.3 Å². The lowest BCUT2D eigenvalue weighted by Crippen LogP contribution is -2.16. The molecule has 0 atom stereocenters. The molecule has 3 rings (SSSR count). The summed E-state index contributed by atoms with van der Waals surface area (Å²) in [6.07, 6.45) is 6.21. The Morgan fingerprint density at radius 1 is 1.45 bits per heavy atom. The highest BCUT2D eigenvalue weighted by molar-refractivity contribution is 7.16. The zero-order chi connectivity index (χ0) is 15.5. The van der Waals surface area contributed by atoms with E-state index >= 15 is 0 Å². The number of hydrogen-bond donors (Lipinski definition) is 0. The van der Waals surface area contributed by atoms with Crippen molar-refractivity contribution in [1.29, 1.82) is 0 Å². The summed E-state index contributed by atoms with van der Waals surface area (Å²) in [6.45, 7) is 6.41. The standard InChI is InChI=1S/C16H14N4OS/c1-3-8-20-13-5-4-11(2)9-14(13)22-16(20)19-15(21)12-10-17-6-7-18-12/h3-7,9-10H,1,8H2,2H3. The van der Waals surface area contributed by atoms with Crippen molar-refractivity contribution in [2.45, 2.75) is 13.5 Å². The molecule has 0 aliphatic rings. The zero-order valence-electron chi connectivity index (χ0n) is 12.1. The van der Waals surface area contributed by atoms with E-state index in [4.69, 9.17) is 0 Å². The fourth-order valence-corrected chi connectivity index (χ4v) is 3.26. The van der Waals surface area contributed by atoms with Crippen molar-refractivity contribution in [2.75, 3.05) is 0 Å². The molecule has 0 saturated heterocycles. The lowest BCUT2D eigenvalue weighted by molar-refractivity contribution is 0.0993. The Morgan fingerprint density at radius 3 is 3.05 bits per heavy atom. The predicted octanol–water partition coefficient (Wildman–Crippen LogP) is 2.73. The van der Waals surface area contributed by atoms with Gasteiger partial charge in [-0.1, -0.05) is 23.5 Å². The Morgan fingerprint density at radius 2 is 2.32 bits per heavy atom. The van der Waals surface area contributed by atoms with Crippen LogP contribution in [0.3, 0.4) is 0 Å². The minimum Gasteiger partial charge on any atom is -0.312 e. The molecule has 0 unspecified atom stereocenters. The van der Waals surface area contributed by atoms with Crippen molar-refractivity contribution >= 4 is 27.5 Å². The van der Waals surface area contributed by atoms with E-state index in [-0.39, 0.29) is 5.69 Å². The second-order valence-electron chi connectivity index (χ2n) is 4.76. The highest BCUT2D eigenvalue weighted by Gasteiger charge is 2.09. The largest absolute Gasteiger partial charge is 0.312 e. The van der Waals surface area contributed by atoms with Crippen LogP contribution >= 0.6 is 11.3 Å². The average molecular weight is 310 g/mol. The van der Waals surface area contributed by atoms with Gasteiger partial charge in [-0.25, -0.2) is 4.98 Å². The van der Waals surface area contributed by atoms with Crippen LogP contribution in [0.5, 0.6) is 0 Å². The van der Waals surface area contributed by atoms with Gasteiger partial charge in [0.1, 0.15) is 5.69 Å². The fraction of sp³-hybridized carbons (Fsp3) is 0.125. The van der Waals surface area contributed by atoms with Crippen LogP contribution in [0.2, 0.25) is 0 Å². The quantitative estimate of drug-likeness (QED) is 0.699. The Balaban J connectivity index is 2.17. The summed E-state index contributed by atoms with van der Waals surface area (Å²) in [5, 5.41) is 0. The number of hydrogen-bond acceptors (Lipinski definition) is 4. The van der Waals surface area contributed by atoms with E-state index in [1.165, 1.54) is 35.5 Å². The lowest BCUT2D eigenvalue weighted by Gasteiger charge is -2.01. The van der Waals surface area contributed by atoms with E-state index in [0.717, 1.165) is 10.2 Å². The third-order valence-corrected chi connectivity index (χ3v) is 4.17. The van der Waals surface area contributed by atoms with Gasteiger partial charge in [0.2, 0.25) is 0 Å². The van der Waals surface area contributed by atoms with E-state index in [1.54, 1.807) is 6.08 Å². The number of amides is 1. The molecule has 0 saturated carbocycles. The maximum Gasteiger partial charge on any atom is 0.299 e. The van der Waals surface area contributed by atoms with Crippen LogP contribution in [0.1, 0.15) is 16.1 Å². The van der Waals surface area contributed by atoms with Crippen molar-refractivity contribution in [3.8, 4) is 0 Å². The molecule has 0 N–H and O–H groups in total. The summed E-state index contributed by atoms with van der Waals surface area (Å²) in [5.41, 5.74) is 2.45. The third kappa shape index (κ3) is 2.73. The van der Waals surface area contributed by atoms with Gasteiger partial charge in [0.05, 0.1) is 16.4 Å². The fourth-order valence-electron chi connectivity index (χ4n) is 2.12. The third-order valence-electron chi connectivity index (χ3n) is 3.13. The molecule has 0 bridgehead atoms. The topological polar surface area (TPSA) is 60.1 Å². The van der Waals surface area contributed by atoms with E-state index in [1.807, 2.05) is 23.6 Å². The van der Waals surface area contributed by atoms with Crippen molar-refractivity contribution in [3.05, 3.63) is 65.5 Å². The van der Waals surface area contributed by atoms with E-state index < -0.39 is 5.91 Å². The molecule has 0 spiro atoms. The Hall–Kier alpha value is -2.60. The number of aromatic nitrogens is 3. The Bertz CT molecular complexity index is 909. The molecule has 2 heterocycles. The van der Waals surface area contributed by atoms with Crippen LogP contribution in [-0.2, 0) is 6.54 Å². The Kier molecular flexibility index (Phi) is 3.93. The van der Waals surface area contributed by atoms with Crippen molar-refractivity contribution in [1.82, 2.24) is 14.5 Å². The second kappa shape index (κ2) is 6.03. The highest BCUT2D eigenvalue weighted by atomic mass is 32.1. The minimum atomic E-state index is -0.394. The lowest BCUT2D eigenvalue weighted by atomic mass is 10.2. The van der Waals surface area contributed by atoms with Gasteiger partial charge in [0.25, 0.3) is 5.91 Å². The van der Waals surface area contributed by atoms with Gasteiger partial charge >= 0.3 is 0 Å². The summed E-state index contributed by atoms with van der Waals surface area (Å²) in [7, 11) is 0. The number of rotatable bonds is 3. The summed E-state index contributed by atoms with van der Waals surface area (Å²) >= 11 is 1.48. The van der Waals surface area contributed by atoms with Crippen molar-refractivity contribution in [3.63, 3.8) is 0 Å².